The maximum atomic E-state index is 12.6. The van der Waals surface area contributed by atoms with E-state index in [1.54, 1.807) is 0 Å². The highest BCUT2D eigenvalue weighted by molar-refractivity contribution is 7.99. The van der Waals surface area contributed by atoms with Crippen LogP contribution in [0.3, 0.4) is 0 Å². The number of benzene rings is 1. The van der Waals surface area contributed by atoms with Gasteiger partial charge < -0.3 is 10.4 Å². The van der Waals surface area contributed by atoms with E-state index < -0.39 is 0 Å². The zero-order chi connectivity index (χ0) is 23.8. The first-order valence-corrected chi connectivity index (χ1v) is 13.4. The molecule has 2 N–H and O–H groups in total. The van der Waals surface area contributed by atoms with Crippen LogP contribution >= 0.6 is 23.1 Å². The van der Waals surface area contributed by atoms with E-state index in [2.05, 4.69) is 36.4 Å². The Morgan fingerprint density at radius 3 is 2.74 bits per heavy atom. The molecule has 1 amide bonds. The maximum absolute atomic E-state index is 12.6. The Morgan fingerprint density at radius 1 is 1.11 bits per heavy atom. The molecular formula is C23H26N8O2S2. The molecule has 1 aliphatic heterocycles. The predicted octanol–water partition coefficient (Wildman–Crippen LogP) is 2.31. The number of piperazine rings is 1. The van der Waals surface area contributed by atoms with Crippen molar-refractivity contribution in [1.29, 1.82) is 0 Å². The number of β-amino-alcohol motifs (C(OH)–C–C–N with tert-alkyl or cyclic N) is 1. The second kappa shape index (κ2) is 9.78. The van der Waals surface area contributed by atoms with E-state index in [1.807, 2.05) is 28.8 Å². The van der Waals surface area contributed by atoms with Gasteiger partial charge in [0.15, 0.2) is 10.8 Å². The normalized spacial score (nSPS) is 17.4. The van der Waals surface area contributed by atoms with E-state index in [-0.39, 0.29) is 12.5 Å². The molecule has 0 atom stereocenters. The minimum atomic E-state index is -0.0540. The van der Waals surface area contributed by atoms with Crippen molar-refractivity contribution >= 4 is 50.0 Å². The van der Waals surface area contributed by atoms with Crippen molar-refractivity contribution in [3.63, 3.8) is 0 Å². The molecule has 0 spiro atoms. The van der Waals surface area contributed by atoms with Crippen LogP contribution in [0.4, 0.5) is 5.13 Å². The van der Waals surface area contributed by atoms with Gasteiger partial charge in [0.25, 0.3) is 0 Å². The van der Waals surface area contributed by atoms with Crippen molar-refractivity contribution in [2.24, 2.45) is 0 Å². The number of nitrogens with zero attached hydrogens (tertiary/aromatic N) is 7. The van der Waals surface area contributed by atoms with Gasteiger partial charge in [-0.1, -0.05) is 11.3 Å². The number of anilines is 1. The Kier molecular flexibility index (Phi) is 6.37. The fourth-order valence-corrected chi connectivity index (χ4v) is 6.07. The number of nitrogens with one attached hydrogen (secondary N) is 1. The smallest absolute Gasteiger partial charge is 0.240 e. The lowest BCUT2D eigenvalue weighted by atomic mass is 10.3. The summed E-state index contributed by atoms with van der Waals surface area (Å²) in [6, 6.07) is 10.1. The Balaban J connectivity index is 1.11. The lowest BCUT2D eigenvalue weighted by molar-refractivity contribution is -0.117. The molecular weight excluding hydrogens is 484 g/mol. The van der Waals surface area contributed by atoms with Crippen molar-refractivity contribution in [2.45, 2.75) is 28.8 Å². The molecule has 2 fully saturated rings. The number of aliphatic hydroxyl groups excluding tert-OH is 1. The molecule has 0 unspecified atom stereocenters. The topological polar surface area (TPSA) is 112 Å². The van der Waals surface area contributed by atoms with E-state index in [1.165, 1.54) is 35.9 Å². The Labute approximate surface area is 210 Å². The molecule has 4 heterocycles. The molecule has 6 rings (SSSR count). The molecule has 1 aliphatic carbocycles. The number of rotatable bonds is 8. The highest BCUT2D eigenvalue weighted by atomic mass is 32.2. The molecule has 1 saturated heterocycles. The van der Waals surface area contributed by atoms with Gasteiger partial charge in [0.2, 0.25) is 11.1 Å². The van der Waals surface area contributed by atoms with Crippen LogP contribution in [0.5, 0.6) is 0 Å². The van der Waals surface area contributed by atoms with Crippen LogP contribution in [0.2, 0.25) is 0 Å². The third-order valence-electron chi connectivity index (χ3n) is 6.31. The number of carbonyl (C=O) groups is 1. The number of aliphatic hydroxyl groups is 1. The van der Waals surface area contributed by atoms with Crippen LogP contribution in [-0.4, -0.2) is 91.5 Å². The highest BCUT2D eigenvalue weighted by Crippen LogP contribution is 2.39. The van der Waals surface area contributed by atoms with E-state index in [9.17, 15) is 4.79 Å². The van der Waals surface area contributed by atoms with Crippen molar-refractivity contribution in [3.8, 4) is 0 Å². The summed E-state index contributed by atoms with van der Waals surface area (Å²) < 4.78 is 2.83. The minimum Gasteiger partial charge on any atom is -0.395 e. The van der Waals surface area contributed by atoms with E-state index >= 15 is 0 Å². The number of thiazole rings is 1. The largest absolute Gasteiger partial charge is 0.395 e. The summed E-state index contributed by atoms with van der Waals surface area (Å²) >= 11 is 2.99. The molecule has 4 aromatic rings. The summed E-state index contributed by atoms with van der Waals surface area (Å²) in [5.74, 6) is 0.513. The van der Waals surface area contributed by atoms with E-state index in [0.717, 1.165) is 57.8 Å². The molecule has 1 aromatic carbocycles. The molecule has 3 aromatic heterocycles. The Hall–Kier alpha value is -2.64. The molecule has 35 heavy (non-hydrogen) atoms. The van der Waals surface area contributed by atoms with Crippen molar-refractivity contribution in [3.05, 3.63) is 36.0 Å². The fourth-order valence-electron chi connectivity index (χ4n) is 4.25. The molecule has 2 aliphatic rings. The van der Waals surface area contributed by atoms with Crippen molar-refractivity contribution in [2.75, 3.05) is 51.2 Å². The Morgan fingerprint density at radius 2 is 1.94 bits per heavy atom. The SMILES string of the molecule is O=C(CN1CCN(CCO)CC1)Nc1nc2ccc(Sc3nnc4ccc(C5CC5)nn34)cc2s1. The number of amides is 1. The number of carbonyl (C=O) groups excluding carboxylic acids is 1. The van der Waals surface area contributed by atoms with Crippen LogP contribution in [0.15, 0.2) is 40.4 Å². The van der Waals surface area contributed by atoms with E-state index in [4.69, 9.17) is 10.2 Å². The summed E-state index contributed by atoms with van der Waals surface area (Å²) in [4.78, 5) is 22.5. The molecule has 182 valence electrons. The maximum Gasteiger partial charge on any atom is 0.240 e. The van der Waals surface area contributed by atoms with Crippen LogP contribution < -0.4 is 5.32 Å². The van der Waals surface area contributed by atoms with Crippen LogP contribution in [-0.2, 0) is 4.79 Å². The molecule has 12 heteroatoms. The number of hydrogen-bond acceptors (Lipinski definition) is 10. The van der Waals surface area contributed by atoms with Gasteiger partial charge in [0, 0.05) is 43.5 Å². The molecule has 0 bridgehead atoms. The summed E-state index contributed by atoms with van der Waals surface area (Å²) in [6.45, 7) is 4.59. The van der Waals surface area contributed by atoms with Gasteiger partial charge >= 0.3 is 0 Å². The minimum absolute atomic E-state index is 0.0540. The third kappa shape index (κ3) is 5.16. The van der Waals surface area contributed by atoms with Gasteiger partial charge in [-0.25, -0.2) is 4.98 Å². The van der Waals surface area contributed by atoms with Gasteiger partial charge in [0.05, 0.1) is 29.1 Å². The van der Waals surface area contributed by atoms with Gasteiger partial charge in [0.1, 0.15) is 0 Å². The Bertz CT molecular complexity index is 1360. The third-order valence-corrected chi connectivity index (χ3v) is 8.17. The van der Waals surface area contributed by atoms with Gasteiger partial charge in [-0.2, -0.15) is 9.61 Å². The summed E-state index contributed by atoms with van der Waals surface area (Å²) in [7, 11) is 0. The van der Waals surface area contributed by atoms with Crippen LogP contribution in [0.1, 0.15) is 24.5 Å². The quantitative estimate of drug-likeness (QED) is 0.369. The van der Waals surface area contributed by atoms with E-state index in [0.29, 0.717) is 24.1 Å². The molecule has 10 nitrogen and oxygen atoms in total. The second-order valence-electron chi connectivity index (χ2n) is 8.93. The van der Waals surface area contributed by atoms with Crippen molar-refractivity contribution < 1.29 is 9.90 Å². The number of aromatic nitrogens is 5. The summed E-state index contributed by atoms with van der Waals surface area (Å²) in [5.41, 5.74) is 2.70. The van der Waals surface area contributed by atoms with Crippen LogP contribution in [0.25, 0.3) is 15.9 Å². The first-order chi connectivity index (χ1) is 17.1. The fraction of sp³-hybridized carbons (Fsp3) is 0.435. The number of fused-ring (bicyclic) bond motifs is 2. The lowest BCUT2D eigenvalue weighted by Crippen LogP contribution is -2.49. The van der Waals surface area contributed by atoms with Gasteiger partial charge in [-0.05, 0) is 54.9 Å². The average Bonchev–Trinajstić information content (AvgIpc) is 3.52. The monoisotopic (exact) mass is 510 g/mol. The van der Waals surface area contributed by atoms with Gasteiger partial charge in [-0.3, -0.25) is 14.6 Å². The van der Waals surface area contributed by atoms with Crippen LogP contribution in [0, 0.1) is 0 Å². The predicted molar refractivity (Wildman–Crippen MR) is 135 cm³/mol. The first-order valence-electron chi connectivity index (χ1n) is 11.8. The second-order valence-corrected chi connectivity index (χ2v) is 11.0. The molecule has 0 radical (unpaired) electrons. The molecule has 1 saturated carbocycles. The summed E-state index contributed by atoms with van der Waals surface area (Å²) in [6.07, 6.45) is 2.40. The highest BCUT2D eigenvalue weighted by Gasteiger charge is 2.26. The number of hydrogen-bond donors (Lipinski definition) is 2. The van der Waals surface area contributed by atoms with Crippen molar-refractivity contribution in [1.82, 2.24) is 34.6 Å². The zero-order valence-electron chi connectivity index (χ0n) is 19.1. The lowest BCUT2D eigenvalue weighted by Gasteiger charge is -2.33. The summed E-state index contributed by atoms with van der Waals surface area (Å²) in [5, 5.41) is 26.7. The standard InChI is InChI=1S/C23H26N8O2S2/c32-12-11-29-7-9-30(10-8-29)14-21(33)25-22-24-18-4-3-16(13-19(18)35-22)34-23-27-26-20-6-5-17(15-1-2-15)28-31(20)23/h3-6,13,15,32H,1-2,7-12,14H2,(H,24,25,33). The zero-order valence-corrected chi connectivity index (χ0v) is 20.8. The van der Waals surface area contributed by atoms with Gasteiger partial charge in [-0.15, -0.1) is 10.2 Å². The first kappa shape index (κ1) is 22.8. The average molecular weight is 511 g/mol.